The van der Waals surface area contributed by atoms with Crippen LogP contribution in [0.5, 0.6) is 17.2 Å². The molecule has 1 unspecified atom stereocenters. The van der Waals surface area contributed by atoms with Crippen LogP contribution >= 0.6 is 0 Å². The molecule has 8 heteroatoms. The highest BCUT2D eigenvalue weighted by molar-refractivity contribution is 5.87. The first-order valence-corrected chi connectivity index (χ1v) is 12.6. The van der Waals surface area contributed by atoms with Gasteiger partial charge in [-0.2, -0.15) is 0 Å². The summed E-state index contributed by atoms with van der Waals surface area (Å²) in [5, 5.41) is 0.460. The minimum atomic E-state index is -0.476. The number of fused-ring (bicyclic) bond motifs is 4. The van der Waals surface area contributed by atoms with E-state index in [0.29, 0.717) is 78.0 Å². The molecule has 3 aromatic carbocycles. The number of nitrogens with one attached hydrogen (secondary N) is 1. The quantitative estimate of drug-likeness (QED) is 0.410. The lowest BCUT2D eigenvalue weighted by atomic mass is 9.99. The highest BCUT2D eigenvalue weighted by Gasteiger charge is 2.36. The van der Waals surface area contributed by atoms with Gasteiger partial charge in [-0.15, -0.1) is 0 Å². The van der Waals surface area contributed by atoms with Gasteiger partial charge in [0, 0.05) is 6.42 Å². The van der Waals surface area contributed by atoms with Gasteiger partial charge in [0.1, 0.15) is 31.3 Å². The van der Waals surface area contributed by atoms with E-state index in [0.717, 1.165) is 16.0 Å². The molecule has 0 amide bonds. The van der Waals surface area contributed by atoms with Crippen molar-refractivity contribution in [1.82, 2.24) is 0 Å². The molecule has 0 saturated heterocycles. The van der Waals surface area contributed by atoms with E-state index in [2.05, 4.69) is 0 Å². The van der Waals surface area contributed by atoms with Gasteiger partial charge < -0.3 is 23.4 Å². The van der Waals surface area contributed by atoms with E-state index in [1.54, 1.807) is 19.1 Å². The largest absolute Gasteiger partial charge is 0.486 e. The Morgan fingerprint density at radius 3 is 2.53 bits per heavy atom. The number of carbonyl (C=O) groups is 1. The van der Waals surface area contributed by atoms with E-state index >= 15 is 0 Å². The molecule has 1 N–H and O–H groups in total. The first-order valence-electron chi connectivity index (χ1n) is 12.6. The summed E-state index contributed by atoms with van der Waals surface area (Å²) in [6.07, 6.45) is 0.504. The van der Waals surface area contributed by atoms with E-state index in [1.807, 2.05) is 48.5 Å². The molecule has 38 heavy (non-hydrogen) atoms. The van der Waals surface area contributed by atoms with Crippen LogP contribution in [0.1, 0.15) is 16.9 Å². The van der Waals surface area contributed by atoms with Gasteiger partial charge in [0.15, 0.2) is 23.1 Å². The number of esters is 1. The molecule has 194 valence electrons. The van der Waals surface area contributed by atoms with Crippen LogP contribution in [0, 0.1) is 6.92 Å². The third kappa shape index (κ3) is 4.26. The van der Waals surface area contributed by atoms with Crippen molar-refractivity contribution in [2.45, 2.75) is 25.9 Å². The van der Waals surface area contributed by atoms with Crippen LogP contribution < -0.4 is 24.5 Å². The lowest BCUT2D eigenvalue weighted by molar-refractivity contribution is -0.948. The van der Waals surface area contributed by atoms with Crippen molar-refractivity contribution < 1.29 is 33.1 Å². The highest BCUT2D eigenvalue weighted by Crippen LogP contribution is 2.36. The number of ether oxygens (including phenoxy) is 4. The molecule has 0 spiro atoms. The molecular weight excluding hydrogens is 486 g/mol. The van der Waals surface area contributed by atoms with Gasteiger partial charge >= 0.3 is 5.97 Å². The minimum Gasteiger partial charge on any atom is -0.486 e. The average Bonchev–Trinajstić information content (AvgIpc) is 2.95. The van der Waals surface area contributed by atoms with E-state index in [4.69, 9.17) is 23.4 Å². The topological polar surface area (TPSA) is 88.6 Å². The fourth-order valence-electron chi connectivity index (χ4n) is 5.30. The van der Waals surface area contributed by atoms with E-state index in [9.17, 15) is 9.59 Å². The van der Waals surface area contributed by atoms with Crippen LogP contribution in [-0.4, -0.2) is 39.1 Å². The summed E-state index contributed by atoms with van der Waals surface area (Å²) in [5.41, 5.74) is 3.32. The summed E-state index contributed by atoms with van der Waals surface area (Å²) >= 11 is 0. The fourth-order valence-corrected chi connectivity index (χ4v) is 5.30. The van der Waals surface area contributed by atoms with Crippen molar-refractivity contribution in [3.8, 4) is 28.4 Å². The van der Waals surface area contributed by atoms with Gasteiger partial charge in [0.25, 0.3) is 0 Å². The summed E-state index contributed by atoms with van der Waals surface area (Å²) in [6, 6.07) is 18.4. The zero-order chi connectivity index (χ0) is 26.2. The maximum atomic E-state index is 13.8. The predicted octanol–water partition coefficient (Wildman–Crippen LogP) is 3.06. The van der Waals surface area contributed by atoms with E-state index in [1.165, 1.54) is 7.11 Å². The van der Waals surface area contributed by atoms with Crippen molar-refractivity contribution in [3.63, 3.8) is 0 Å². The Hall–Kier alpha value is -4.30. The number of hydrogen-bond donors (Lipinski definition) is 1. The Labute approximate surface area is 219 Å². The monoisotopic (exact) mass is 514 g/mol. The van der Waals surface area contributed by atoms with Crippen molar-refractivity contribution in [2.24, 2.45) is 0 Å². The lowest BCUT2D eigenvalue weighted by Gasteiger charge is -2.31. The summed E-state index contributed by atoms with van der Waals surface area (Å²) in [6.45, 7) is 3.49. The number of aryl methyl sites for hydroxylation is 1. The molecule has 6 rings (SSSR count). The standard InChI is InChI=1S/C30H27NO7/c1-18-27(20-8-10-25-26(15-20)36-13-12-35-25)28(32)21-9-11-24-22(29(21)38-18)16-31(17-37-24)23(30(33)34-2)14-19-6-4-3-5-7-19/h3-11,15,23H,12-14,16-17H2,1-2H3/p+1/t23-/m0/s1. The molecule has 2 aliphatic rings. The molecule has 2 atom stereocenters. The first kappa shape index (κ1) is 24.1. The number of hydrogen-bond acceptors (Lipinski definition) is 7. The summed E-state index contributed by atoms with van der Waals surface area (Å²) in [4.78, 5) is 27.5. The van der Waals surface area contributed by atoms with E-state index < -0.39 is 6.04 Å². The Bertz CT molecular complexity index is 1580. The van der Waals surface area contributed by atoms with Crippen LogP contribution in [0.25, 0.3) is 22.1 Å². The smallest absolute Gasteiger partial charge is 0.365 e. The maximum Gasteiger partial charge on any atom is 0.365 e. The third-order valence-corrected chi connectivity index (χ3v) is 7.21. The predicted molar refractivity (Wildman–Crippen MR) is 140 cm³/mol. The Morgan fingerprint density at radius 1 is 0.974 bits per heavy atom. The van der Waals surface area contributed by atoms with Gasteiger partial charge in [-0.25, -0.2) is 4.79 Å². The van der Waals surface area contributed by atoms with Gasteiger partial charge in [0.05, 0.1) is 23.6 Å². The lowest BCUT2D eigenvalue weighted by Crippen LogP contribution is -3.17. The SMILES string of the molecule is COC(=O)[C@H](Cc1ccccc1)[NH+]1COc2ccc3c(=O)c(-c4ccc5c(c4)OCCO5)c(C)oc3c2C1. The van der Waals surface area contributed by atoms with Gasteiger partial charge in [-0.3, -0.25) is 9.69 Å². The molecular formula is C30H28NO7+. The molecule has 8 nitrogen and oxygen atoms in total. The molecule has 0 saturated carbocycles. The van der Waals surface area contributed by atoms with Crippen LogP contribution in [0.15, 0.2) is 69.9 Å². The summed E-state index contributed by atoms with van der Waals surface area (Å²) in [7, 11) is 1.40. The zero-order valence-electron chi connectivity index (χ0n) is 21.2. The van der Waals surface area contributed by atoms with Crippen molar-refractivity contribution in [2.75, 3.05) is 27.1 Å². The second kappa shape index (κ2) is 9.87. The van der Waals surface area contributed by atoms with Gasteiger partial charge in [0.2, 0.25) is 12.2 Å². The molecule has 0 radical (unpaired) electrons. The van der Waals surface area contributed by atoms with Gasteiger partial charge in [-0.1, -0.05) is 36.4 Å². The number of benzene rings is 3. The van der Waals surface area contributed by atoms with Crippen molar-refractivity contribution in [1.29, 1.82) is 0 Å². The van der Waals surface area contributed by atoms with Crippen LogP contribution in [0.2, 0.25) is 0 Å². The normalized spacial score (nSPS) is 16.8. The van der Waals surface area contributed by atoms with Crippen molar-refractivity contribution >= 4 is 16.9 Å². The second-order valence-electron chi connectivity index (χ2n) is 9.53. The highest BCUT2D eigenvalue weighted by atomic mass is 16.6. The Balaban J connectivity index is 1.39. The molecule has 2 aliphatic heterocycles. The summed E-state index contributed by atoms with van der Waals surface area (Å²) < 4.78 is 28.9. The molecule has 4 aromatic rings. The number of rotatable bonds is 5. The number of quaternary nitrogens is 1. The zero-order valence-corrected chi connectivity index (χ0v) is 21.2. The average molecular weight is 515 g/mol. The number of carbonyl (C=O) groups excluding carboxylic acids is 1. The number of methoxy groups -OCH3 is 1. The fraction of sp³-hybridized carbons (Fsp3) is 0.267. The summed E-state index contributed by atoms with van der Waals surface area (Å²) in [5.74, 6) is 2.10. The van der Waals surface area contributed by atoms with Crippen LogP contribution in [0.3, 0.4) is 0 Å². The molecule has 1 aromatic heterocycles. The Morgan fingerprint density at radius 2 is 1.74 bits per heavy atom. The third-order valence-electron chi connectivity index (χ3n) is 7.21. The van der Waals surface area contributed by atoms with E-state index in [-0.39, 0.29) is 11.4 Å². The molecule has 0 aliphatic carbocycles. The first-order chi connectivity index (χ1) is 18.5. The minimum absolute atomic E-state index is 0.135. The maximum absolute atomic E-state index is 13.8. The van der Waals surface area contributed by atoms with Gasteiger partial charge in [-0.05, 0) is 42.3 Å². The molecule has 3 heterocycles. The van der Waals surface area contributed by atoms with Crippen LogP contribution in [0.4, 0.5) is 0 Å². The molecule has 0 bridgehead atoms. The van der Waals surface area contributed by atoms with Crippen LogP contribution in [-0.2, 0) is 22.5 Å². The van der Waals surface area contributed by atoms with Crippen molar-refractivity contribution in [3.05, 3.63) is 87.8 Å². The Kier molecular flexibility index (Phi) is 6.25. The second-order valence-corrected chi connectivity index (χ2v) is 9.53. The molecule has 0 fully saturated rings.